The maximum absolute atomic E-state index is 9.16. The Labute approximate surface area is 143 Å². The van der Waals surface area contributed by atoms with E-state index in [1.807, 2.05) is 55.5 Å². The Kier molecular flexibility index (Phi) is 5.82. The van der Waals surface area contributed by atoms with Crippen LogP contribution < -0.4 is 0 Å². The largest absolute Gasteiger partial charge is 0.360 e. The van der Waals surface area contributed by atoms with E-state index in [0.717, 1.165) is 28.1 Å². The van der Waals surface area contributed by atoms with Gasteiger partial charge in [0.1, 0.15) is 11.5 Å². The van der Waals surface area contributed by atoms with E-state index in [2.05, 4.69) is 38.7 Å². The highest BCUT2D eigenvalue weighted by Gasteiger charge is 2.15. The molecular formula is C16H13Cl2NO3S. The van der Waals surface area contributed by atoms with Gasteiger partial charge in [-0.1, -0.05) is 65.8 Å². The van der Waals surface area contributed by atoms with Crippen molar-refractivity contribution in [1.29, 1.82) is 0 Å². The van der Waals surface area contributed by atoms with Crippen LogP contribution in [0.4, 0.5) is 0 Å². The van der Waals surface area contributed by atoms with Gasteiger partial charge in [0.25, 0.3) is 0 Å². The molecule has 0 N–H and O–H groups in total. The number of hydrogen-bond donors (Lipinski definition) is 0. The molecule has 7 heteroatoms. The third-order valence-electron chi connectivity index (χ3n) is 2.97. The SMILES string of the molecule is Cc1onc(-c2ccccc2)c1-c1ccccc1.O=S(=O)(Cl)Cl. The van der Waals surface area contributed by atoms with Gasteiger partial charge in [-0.25, -0.2) is 0 Å². The minimum Gasteiger partial charge on any atom is -0.360 e. The van der Waals surface area contributed by atoms with Gasteiger partial charge in [0.05, 0.1) is 5.56 Å². The molecule has 4 nitrogen and oxygen atoms in total. The zero-order valence-electron chi connectivity index (χ0n) is 12.1. The van der Waals surface area contributed by atoms with Gasteiger partial charge in [0, 0.05) is 26.9 Å². The van der Waals surface area contributed by atoms with Crippen molar-refractivity contribution < 1.29 is 12.9 Å². The fourth-order valence-corrected chi connectivity index (χ4v) is 2.11. The molecule has 0 unspecified atom stereocenters. The molecule has 0 saturated carbocycles. The lowest BCUT2D eigenvalue weighted by Crippen LogP contribution is -1.83. The molecule has 2 aromatic carbocycles. The van der Waals surface area contributed by atoms with Crippen molar-refractivity contribution in [1.82, 2.24) is 5.16 Å². The predicted molar refractivity (Wildman–Crippen MR) is 92.7 cm³/mol. The van der Waals surface area contributed by atoms with Crippen LogP contribution in [0.2, 0.25) is 0 Å². The maximum atomic E-state index is 9.16. The molecule has 0 aliphatic rings. The monoisotopic (exact) mass is 369 g/mol. The van der Waals surface area contributed by atoms with Crippen molar-refractivity contribution in [3.8, 4) is 22.4 Å². The van der Waals surface area contributed by atoms with Crippen LogP contribution in [-0.4, -0.2) is 13.6 Å². The molecule has 0 aliphatic carbocycles. The first kappa shape index (κ1) is 17.5. The van der Waals surface area contributed by atoms with E-state index >= 15 is 0 Å². The van der Waals surface area contributed by atoms with Gasteiger partial charge in [-0.15, -0.1) is 0 Å². The molecule has 0 bridgehead atoms. The van der Waals surface area contributed by atoms with E-state index < -0.39 is 8.26 Å². The van der Waals surface area contributed by atoms with E-state index in [4.69, 9.17) is 12.9 Å². The number of aromatic nitrogens is 1. The summed E-state index contributed by atoms with van der Waals surface area (Å²) in [6, 6.07) is 20.3. The highest BCUT2D eigenvalue weighted by Crippen LogP contribution is 2.33. The molecule has 0 spiro atoms. The molecule has 0 atom stereocenters. The van der Waals surface area contributed by atoms with Gasteiger partial charge in [-0.05, 0) is 12.5 Å². The number of benzene rings is 2. The number of aryl methyl sites for hydroxylation is 1. The summed E-state index contributed by atoms with van der Waals surface area (Å²) in [5, 5.41) is 4.19. The Bertz CT molecular complexity index is 855. The second-order valence-corrected chi connectivity index (χ2v) is 8.24. The summed E-state index contributed by atoms with van der Waals surface area (Å²) >= 11 is 0. The fraction of sp³-hybridized carbons (Fsp3) is 0.0625. The third-order valence-corrected chi connectivity index (χ3v) is 2.97. The zero-order valence-corrected chi connectivity index (χ0v) is 14.4. The molecule has 0 aliphatic heterocycles. The molecule has 23 heavy (non-hydrogen) atoms. The molecule has 1 heterocycles. The molecule has 120 valence electrons. The molecule has 0 amide bonds. The van der Waals surface area contributed by atoms with Crippen LogP contribution in [-0.2, 0) is 8.26 Å². The normalized spacial score (nSPS) is 10.7. The lowest BCUT2D eigenvalue weighted by atomic mass is 10.00. The molecule has 3 aromatic rings. The molecule has 0 radical (unpaired) electrons. The van der Waals surface area contributed by atoms with Crippen LogP contribution in [0.25, 0.3) is 22.4 Å². The van der Waals surface area contributed by atoms with E-state index in [9.17, 15) is 0 Å². The lowest BCUT2D eigenvalue weighted by molar-refractivity contribution is 0.400. The number of rotatable bonds is 2. The van der Waals surface area contributed by atoms with Crippen LogP contribution in [0, 0.1) is 6.92 Å². The third kappa shape index (κ3) is 5.39. The van der Waals surface area contributed by atoms with Gasteiger partial charge >= 0.3 is 8.26 Å². The Morgan fingerprint density at radius 2 is 1.30 bits per heavy atom. The quantitative estimate of drug-likeness (QED) is 0.594. The number of halogens is 2. The molecule has 3 rings (SSSR count). The van der Waals surface area contributed by atoms with E-state index in [0.29, 0.717) is 0 Å². The fourth-order valence-electron chi connectivity index (χ4n) is 2.11. The number of hydrogen-bond acceptors (Lipinski definition) is 4. The van der Waals surface area contributed by atoms with Crippen molar-refractivity contribution in [2.75, 3.05) is 0 Å². The molecular weight excluding hydrogens is 357 g/mol. The highest BCUT2D eigenvalue weighted by atomic mass is 36.0. The Morgan fingerprint density at radius 3 is 1.78 bits per heavy atom. The van der Waals surface area contributed by atoms with Crippen molar-refractivity contribution in [3.05, 3.63) is 66.4 Å². The predicted octanol–water partition coefficient (Wildman–Crippen LogP) is 5.03. The van der Waals surface area contributed by atoms with Crippen LogP contribution in [0.5, 0.6) is 0 Å². The average molecular weight is 370 g/mol. The Hall–Kier alpha value is -1.82. The summed E-state index contributed by atoms with van der Waals surface area (Å²) in [6.45, 7) is 1.95. The zero-order chi connectivity index (χ0) is 16.9. The first-order chi connectivity index (χ1) is 10.9. The van der Waals surface area contributed by atoms with Gasteiger partial charge in [-0.3, -0.25) is 0 Å². The molecule has 1 aromatic heterocycles. The summed E-state index contributed by atoms with van der Waals surface area (Å²) in [5.41, 5.74) is 4.18. The first-order valence-corrected chi connectivity index (χ1v) is 9.71. The second kappa shape index (κ2) is 7.64. The minimum atomic E-state index is -3.72. The average Bonchev–Trinajstić information content (AvgIpc) is 2.89. The topological polar surface area (TPSA) is 60.2 Å². The standard InChI is InChI=1S/C16H13NO.Cl2O2S/c1-12-15(13-8-4-2-5-9-13)16(17-18-12)14-10-6-3-7-11-14;1-5(2,3)4/h2-11H,1H3;. The maximum Gasteiger partial charge on any atom is 0.317 e. The highest BCUT2D eigenvalue weighted by molar-refractivity contribution is 8.31. The number of nitrogens with zero attached hydrogens (tertiary/aromatic N) is 1. The lowest BCUT2D eigenvalue weighted by Gasteiger charge is -2.02. The van der Waals surface area contributed by atoms with Gasteiger partial charge in [0.15, 0.2) is 0 Å². The Balaban J connectivity index is 0.000000338. The summed E-state index contributed by atoms with van der Waals surface area (Å²) < 4.78 is 23.7. The minimum absolute atomic E-state index is 0.847. The van der Waals surface area contributed by atoms with Crippen molar-refractivity contribution in [2.45, 2.75) is 6.92 Å². The van der Waals surface area contributed by atoms with Gasteiger partial charge in [-0.2, -0.15) is 8.42 Å². The van der Waals surface area contributed by atoms with Crippen LogP contribution in [0.1, 0.15) is 5.76 Å². The van der Waals surface area contributed by atoms with Gasteiger partial charge in [0.2, 0.25) is 0 Å². The summed E-state index contributed by atoms with van der Waals surface area (Å²) in [4.78, 5) is 0. The van der Waals surface area contributed by atoms with Crippen LogP contribution in [0.3, 0.4) is 0 Å². The summed E-state index contributed by atoms with van der Waals surface area (Å²) in [6.07, 6.45) is 0. The smallest absolute Gasteiger partial charge is 0.317 e. The van der Waals surface area contributed by atoms with Crippen molar-refractivity contribution in [2.24, 2.45) is 0 Å². The second-order valence-electron chi connectivity index (χ2n) is 4.57. The Morgan fingerprint density at radius 1 is 0.870 bits per heavy atom. The summed E-state index contributed by atoms with van der Waals surface area (Å²) in [7, 11) is 4.81. The van der Waals surface area contributed by atoms with Crippen LogP contribution >= 0.6 is 21.4 Å². The van der Waals surface area contributed by atoms with Crippen molar-refractivity contribution in [3.63, 3.8) is 0 Å². The van der Waals surface area contributed by atoms with E-state index in [1.54, 1.807) is 0 Å². The molecule has 0 saturated heterocycles. The van der Waals surface area contributed by atoms with E-state index in [-0.39, 0.29) is 0 Å². The van der Waals surface area contributed by atoms with Crippen LogP contribution in [0.15, 0.2) is 65.2 Å². The first-order valence-electron chi connectivity index (χ1n) is 6.57. The van der Waals surface area contributed by atoms with Gasteiger partial charge < -0.3 is 4.52 Å². The summed E-state index contributed by atoms with van der Waals surface area (Å²) in [5.74, 6) is 0.847. The van der Waals surface area contributed by atoms with Crippen molar-refractivity contribution >= 4 is 29.6 Å². The van der Waals surface area contributed by atoms with E-state index in [1.165, 1.54) is 0 Å². The molecule has 0 fully saturated rings.